The number of urea groups is 1. The number of anilines is 1. The van der Waals surface area contributed by atoms with Gasteiger partial charge in [-0.1, -0.05) is 32.1 Å². The number of amides is 7. The molecule has 5 N–H and O–H groups in total. The SMILES string of the molecule is CC(C)(C)c1cnc(CSc2cnc(NC(=O)C3CCN(CC(=O)NCCOCCNC(=O)NCc4cc5c(s4)C(=O)N(C4CCC(=O)NC4=O)C5)CC3)s2)o1. The number of nitrogens with zero attached hydrogens (tertiary/aromatic N) is 4. The summed E-state index contributed by atoms with van der Waals surface area (Å²) in [6, 6.07) is 0.820. The van der Waals surface area contributed by atoms with Gasteiger partial charge in [0.2, 0.25) is 29.5 Å². The third kappa shape index (κ3) is 11.1. The topological polar surface area (TPSA) is 217 Å². The van der Waals surface area contributed by atoms with Crippen LogP contribution in [0.1, 0.15) is 78.2 Å². The Balaban J connectivity index is 0.772. The Morgan fingerprint density at radius 1 is 1.02 bits per heavy atom. The highest BCUT2D eigenvalue weighted by atomic mass is 32.2. The van der Waals surface area contributed by atoms with Gasteiger partial charge in [-0.3, -0.25) is 34.2 Å². The molecule has 302 valence electrons. The Labute approximate surface area is 336 Å². The molecular weight excluding hydrogens is 783 g/mol. The zero-order chi connectivity index (χ0) is 39.8. The predicted molar refractivity (Wildman–Crippen MR) is 209 cm³/mol. The van der Waals surface area contributed by atoms with Gasteiger partial charge in [0.05, 0.1) is 53.5 Å². The van der Waals surface area contributed by atoms with Gasteiger partial charge in [0.15, 0.2) is 5.13 Å². The third-order valence-electron chi connectivity index (χ3n) is 9.44. The number of thioether (sulfide) groups is 1. The number of piperidine rings is 2. The average molecular weight is 830 g/mol. The molecule has 0 spiro atoms. The summed E-state index contributed by atoms with van der Waals surface area (Å²) in [6.07, 6.45) is 5.33. The number of ether oxygens (including phenoxy) is 1. The highest BCUT2D eigenvalue weighted by Crippen LogP contribution is 2.34. The van der Waals surface area contributed by atoms with Crippen LogP contribution in [0.5, 0.6) is 0 Å². The van der Waals surface area contributed by atoms with Crippen LogP contribution < -0.4 is 26.6 Å². The van der Waals surface area contributed by atoms with Gasteiger partial charge in [-0.2, -0.15) is 0 Å². The highest BCUT2D eigenvalue weighted by Gasteiger charge is 2.40. The van der Waals surface area contributed by atoms with Crippen LogP contribution >= 0.6 is 34.4 Å². The van der Waals surface area contributed by atoms with Gasteiger partial charge >= 0.3 is 6.03 Å². The molecule has 6 heterocycles. The van der Waals surface area contributed by atoms with Crippen LogP contribution in [0.15, 0.2) is 27.1 Å². The zero-order valence-corrected chi connectivity index (χ0v) is 34.0. The highest BCUT2D eigenvalue weighted by molar-refractivity contribution is 8.00. The molecule has 3 aromatic heterocycles. The second kappa shape index (κ2) is 18.7. The molecule has 3 aliphatic rings. The van der Waals surface area contributed by atoms with E-state index in [1.54, 1.807) is 24.2 Å². The van der Waals surface area contributed by atoms with Crippen LogP contribution in [-0.4, -0.2) is 107 Å². The summed E-state index contributed by atoms with van der Waals surface area (Å²) in [5.41, 5.74) is 0.706. The smallest absolute Gasteiger partial charge is 0.315 e. The summed E-state index contributed by atoms with van der Waals surface area (Å²) in [6.45, 7) is 9.43. The molecule has 2 fully saturated rings. The Morgan fingerprint density at radius 2 is 1.79 bits per heavy atom. The van der Waals surface area contributed by atoms with E-state index in [4.69, 9.17) is 9.15 Å². The number of hydrogen-bond donors (Lipinski definition) is 5. The number of imide groups is 1. The van der Waals surface area contributed by atoms with Crippen molar-refractivity contribution >= 4 is 75.1 Å². The molecule has 7 amide bonds. The summed E-state index contributed by atoms with van der Waals surface area (Å²) < 4.78 is 12.3. The summed E-state index contributed by atoms with van der Waals surface area (Å²) >= 11 is 4.26. The van der Waals surface area contributed by atoms with Gasteiger partial charge in [-0.15, -0.1) is 23.1 Å². The number of rotatable bonds is 16. The lowest BCUT2D eigenvalue weighted by molar-refractivity contribution is -0.137. The van der Waals surface area contributed by atoms with Gasteiger partial charge in [-0.05, 0) is 44.0 Å². The Bertz CT molecular complexity index is 1910. The number of oxazole rings is 1. The fraction of sp³-hybridized carbons (Fsp3) is 0.556. The average Bonchev–Trinajstić information content (AvgIpc) is 3.96. The molecule has 0 aliphatic carbocycles. The molecule has 3 aliphatic heterocycles. The Kier molecular flexibility index (Phi) is 13.8. The lowest BCUT2D eigenvalue weighted by Gasteiger charge is -2.30. The van der Waals surface area contributed by atoms with E-state index in [1.807, 2.05) is 11.0 Å². The lowest BCUT2D eigenvalue weighted by Crippen LogP contribution is -2.52. The minimum Gasteiger partial charge on any atom is -0.444 e. The number of thiophene rings is 1. The van der Waals surface area contributed by atoms with Gasteiger partial charge in [-0.25, -0.2) is 14.8 Å². The number of fused-ring (bicyclic) bond motifs is 1. The number of aromatic nitrogens is 2. The molecule has 1 atom stereocenters. The maximum Gasteiger partial charge on any atom is 0.315 e. The van der Waals surface area contributed by atoms with Crippen molar-refractivity contribution in [2.75, 3.05) is 51.3 Å². The first kappa shape index (κ1) is 41.3. The van der Waals surface area contributed by atoms with E-state index < -0.39 is 11.9 Å². The van der Waals surface area contributed by atoms with Crippen LogP contribution in [0.3, 0.4) is 0 Å². The summed E-state index contributed by atoms with van der Waals surface area (Å²) in [5.74, 6) is 0.738. The van der Waals surface area contributed by atoms with Gasteiger partial charge in [0.25, 0.3) is 5.91 Å². The second-order valence-electron chi connectivity index (χ2n) is 14.7. The molecule has 20 heteroatoms. The van der Waals surface area contributed by atoms with Crippen molar-refractivity contribution in [3.05, 3.63) is 45.4 Å². The van der Waals surface area contributed by atoms with Gasteiger partial charge in [0.1, 0.15) is 11.8 Å². The number of carbonyl (C=O) groups excluding carboxylic acids is 6. The number of hydrogen-bond acceptors (Lipinski definition) is 14. The standard InChI is InChI=1S/C36H47N9O8S3/c1-36(2,3)25-16-39-28(53-25)20-54-29-17-41-35(56-29)43-31(48)21-6-10-44(11-7-21)19-27(47)37-8-12-52-13-9-38-34(51)40-15-23-14-22-18-45(33(50)30(22)55-23)24-4-5-26(46)42-32(24)49/h14,16-17,21,24H,4-13,15,18-20H2,1-3H3,(H,37,47)(H2,38,40,51)(H,41,43,48)(H,42,46,49). The van der Waals surface area contributed by atoms with Crippen molar-refractivity contribution in [2.45, 2.75) is 81.0 Å². The van der Waals surface area contributed by atoms with Crippen molar-refractivity contribution in [1.82, 2.24) is 41.0 Å². The van der Waals surface area contributed by atoms with Crippen molar-refractivity contribution in [2.24, 2.45) is 5.92 Å². The quantitative estimate of drug-likeness (QED) is 0.0801. The van der Waals surface area contributed by atoms with Gasteiger partial charge in [0, 0.05) is 42.3 Å². The fourth-order valence-corrected chi connectivity index (χ4v) is 9.18. The first-order valence-corrected chi connectivity index (χ1v) is 21.1. The first-order valence-electron chi connectivity index (χ1n) is 18.5. The van der Waals surface area contributed by atoms with Crippen LogP contribution in [-0.2, 0) is 48.2 Å². The summed E-state index contributed by atoms with van der Waals surface area (Å²) in [4.78, 5) is 87.8. The largest absolute Gasteiger partial charge is 0.444 e. The molecule has 2 saturated heterocycles. The van der Waals surface area contributed by atoms with E-state index >= 15 is 0 Å². The van der Waals surface area contributed by atoms with E-state index in [2.05, 4.69) is 57.3 Å². The first-order chi connectivity index (χ1) is 26.8. The molecule has 0 radical (unpaired) electrons. The van der Waals surface area contributed by atoms with E-state index in [9.17, 15) is 28.8 Å². The zero-order valence-electron chi connectivity index (χ0n) is 31.6. The molecule has 1 unspecified atom stereocenters. The van der Waals surface area contributed by atoms with Gasteiger partial charge < -0.3 is 35.3 Å². The second-order valence-corrected chi connectivity index (χ2v) is 18.2. The number of nitrogens with one attached hydrogen (secondary N) is 5. The summed E-state index contributed by atoms with van der Waals surface area (Å²) in [5, 5.41) is 14.1. The van der Waals surface area contributed by atoms with E-state index in [-0.39, 0.29) is 80.3 Å². The van der Waals surface area contributed by atoms with Crippen LogP contribution in [0.25, 0.3) is 0 Å². The van der Waals surface area contributed by atoms with Crippen LogP contribution in [0, 0.1) is 5.92 Å². The van der Waals surface area contributed by atoms with E-state index in [0.29, 0.717) is 67.1 Å². The Morgan fingerprint density at radius 3 is 2.50 bits per heavy atom. The molecule has 56 heavy (non-hydrogen) atoms. The van der Waals surface area contributed by atoms with Crippen LogP contribution in [0.2, 0.25) is 0 Å². The molecule has 0 bridgehead atoms. The van der Waals surface area contributed by atoms with Crippen molar-refractivity contribution in [1.29, 1.82) is 0 Å². The molecule has 6 rings (SSSR count). The number of thiazole rings is 1. The molecule has 17 nitrogen and oxygen atoms in total. The minimum absolute atomic E-state index is 0.0589. The van der Waals surface area contributed by atoms with E-state index in [1.165, 1.54) is 27.6 Å². The fourth-order valence-electron chi connectivity index (χ4n) is 6.38. The maximum atomic E-state index is 12.9. The van der Waals surface area contributed by atoms with Crippen molar-refractivity contribution < 1.29 is 37.9 Å². The monoisotopic (exact) mass is 829 g/mol. The third-order valence-corrected chi connectivity index (χ3v) is 12.7. The van der Waals surface area contributed by atoms with Crippen LogP contribution in [0.4, 0.5) is 9.93 Å². The number of carbonyl (C=O) groups is 6. The molecule has 0 aromatic carbocycles. The van der Waals surface area contributed by atoms with E-state index in [0.717, 1.165) is 20.4 Å². The molecule has 3 aromatic rings. The predicted octanol–water partition coefficient (Wildman–Crippen LogP) is 2.83. The number of likely N-dealkylation sites (tertiary alicyclic amines) is 1. The minimum atomic E-state index is -0.655. The lowest BCUT2D eigenvalue weighted by atomic mass is 9.94. The normalized spacial score (nSPS) is 17.8. The maximum absolute atomic E-state index is 12.9. The molecule has 0 saturated carbocycles. The Hall–Kier alpha value is -4.37. The molecular formula is C36H47N9O8S3. The van der Waals surface area contributed by atoms with Crippen molar-refractivity contribution in [3.8, 4) is 0 Å². The summed E-state index contributed by atoms with van der Waals surface area (Å²) in [7, 11) is 0. The van der Waals surface area contributed by atoms with Crippen molar-refractivity contribution in [3.63, 3.8) is 0 Å².